The zero-order chi connectivity index (χ0) is 12.9. The number of hydrogen-bond donors (Lipinski definition) is 1. The van der Waals surface area contributed by atoms with Crippen LogP contribution >= 0.6 is 11.6 Å². The number of halogens is 1. The lowest BCUT2D eigenvalue weighted by atomic mass is 10.2. The van der Waals surface area contributed by atoms with Crippen LogP contribution in [-0.4, -0.2) is 37.2 Å². The molecule has 17 heavy (non-hydrogen) atoms. The molecule has 1 fully saturated rings. The molecule has 0 spiro atoms. The van der Waals surface area contributed by atoms with Gasteiger partial charge in [-0.1, -0.05) is 13.3 Å². The average molecular weight is 282 g/mol. The molecule has 4 nitrogen and oxygen atoms in total. The van der Waals surface area contributed by atoms with E-state index < -0.39 is 15.1 Å². The number of alkyl halides is 1. The molecule has 1 N–H and O–H groups in total. The number of carbonyl (C=O) groups is 1. The summed E-state index contributed by atoms with van der Waals surface area (Å²) in [5, 5.41) is 1.87. The van der Waals surface area contributed by atoms with Gasteiger partial charge in [0, 0.05) is 11.9 Å². The summed E-state index contributed by atoms with van der Waals surface area (Å²) in [4.78, 5) is 11.8. The summed E-state index contributed by atoms with van der Waals surface area (Å²) in [6, 6.07) is 0. The Morgan fingerprint density at radius 1 is 1.47 bits per heavy atom. The van der Waals surface area contributed by atoms with E-state index in [0.717, 1.165) is 12.8 Å². The summed E-state index contributed by atoms with van der Waals surface area (Å²) >= 11 is 5.92. The highest BCUT2D eigenvalue weighted by Gasteiger charge is 2.34. The molecule has 0 aromatic rings. The molecule has 0 saturated carbocycles. The van der Waals surface area contributed by atoms with Gasteiger partial charge in [0.25, 0.3) is 0 Å². The molecule has 2 atom stereocenters. The maximum absolute atomic E-state index is 11.8. The van der Waals surface area contributed by atoms with Crippen LogP contribution in [0.1, 0.15) is 39.0 Å². The minimum atomic E-state index is -3.22. The van der Waals surface area contributed by atoms with Crippen molar-refractivity contribution in [1.29, 1.82) is 0 Å². The SMILES string of the molecule is CCC(Cl)CCNC(=O)C1CCCCS1(=O)=O. The van der Waals surface area contributed by atoms with Crippen molar-refractivity contribution < 1.29 is 13.2 Å². The van der Waals surface area contributed by atoms with Gasteiger partial charge in [-0.05, 0) is 25.7 Å². The maximum Gasteiger partial charge on any atom is 0.238 e. The molecule has 100 valence electrons. The van der Waals surface area contributed by atoms with Crippen LogP contribution in [-0.2, 0) is 14.6 Å². The third-order valence-corrected chi connectivity index (χ3v) is 5.77. The molecule has 1 aliphatic rings. The molecule has 1 aliphatic heterocycles. The van der Waals surface area contributed by atoms with E-state index >= 15 is 0 Å². The van der Waals surface area contributed by atoms with Gasteiger partial charge in [-0.2, -0.15) is 0 Å². The van der Waals surface area contributed by atoms with Crippen molar-refractivity contribution in [2.75, 3.05) is 12.3 Å². The summed E-state index contributed by atoms with van der Waals surface area (Å²) in [5.41, 5.74) is 0. The van der Waals surface area contributed by atoms with Crippen molar-refractivity contribution in [1.82, 2.24) is 5.32 Å². The van der Waals surface area contributed by atoms with E-state index in [4.69, 9.17) is 11.6 Å². The first-order valence-corrected chi connectivity index (χ1v) is 8.26. The lowest BCUT2D eigenvalue weighted by Gasteiger charge is -2.21. The molecule has 1 rings (SSSR count). The first kappa shape index (κ1) is 14.8. The quantitative estimate of drug-likeness (QED) is 0.777. The van der Waals surface area contributed by atoms with Crippen molar-refractivity contribution in [3.05, 3.63) is 0 Å². The van der Waals surface area contributed by atoms with E-state index in [0.29, 0.717) is 25.8 Å². The lowest BCUT2D eigenvalue weighted by Crippen LogP contribution is -2.43. The topological polar surface area (TPSA) is 63.2 Å². The van der Waals surface area contributed by atoms with Crippen LogP contribution in [0.3, 0.4) is 0 Å². The third-order valence-electron chi connectivity index (χ3n) is 3.07. The smallest absolute Gasteiger partial charge is 0.238 e. The van der Waals surface area contributed by atoms with E-state index in [-0.39, 0.29) is 17.0 Å². The monoisotopic (exact) mass is 281 g/mol. The maximum atomic E-state index is 11.8. The summed E-state index contributed by atoms with van der Waals surface area (Å²) < 4.78 is 23.4. The zero-order valence-electron chi connectivity index (χ0n) is 10.1. The van der Waals surface area contributed by atoms with Crippen molar-refractivity contribution in [3.63, 3.8) is 0 Å². The standard InChI is InChI=1S/C11H20ClNO3S/c1-2-9(12)6-7-13-11(14)10-5-3-4-8-17(10,15)16/h9-10H,2-8H2,1H3,(H,13,14). The third kappa shape index (κ3) is 4.47. The second kappa shape index (κ2) is 6.59. The summed E-state index contributed by atoms with van der Waals surface area (Å²) in [7, 11) is -3.22. The highest BCUT2D eigenvalue weighted by atomic mass is 35.5. The van der Waals surface area contributed by atoms with E-state index in [1.165, 1.54) is 0 Å². The minimum Gasteiger partial charge on any atom is -0.355 e. The number of hydrogen-bond acceptors (Lipinski definition) is 3. The normalized spacial score (nSPS) is 25.2. The molecular formula is C11H20ClNO3S. The average Bonchev–Trinajstić information content (AvgIpc) is 2.27. The first-order chi connectivity index (χ1) is 7.97. The first-order valence-electron chi connectivity index (χ1n) is 6.10. The fourth-order valence-electron chi connectivity index (χ4n) is 1.92. The Labute approximate surface area is 108 Å². The number of rotatable bonds is 5. The largest absolute Gasteiger partial charge is 0.355 e. The Hall–Kier alpha value is -0.290. The van der Waals surface area contributed by atoms with Crippen molar-refractivity contribution in [3.8, 4) is 0 Å². The fraction of sp³-hybridized carbons (Fsp3) is 0.909. The number of amides is 1. The van der Waals surface area contributed by atoms with Crippen molar-refractivity contribution in [2.24, 2.45) is 0 Å². The van der Waals surface area contributed by atoms with Gasteiger partial charge in [0.1, 0.15) is 5.25 Å². The van der Waals surface area contributed by atoms with Gasteiger partial charge in [-0.25, -0.2) is 8.42 Å². The zero-order valence-corrected chi connectivity index (χ0v) is 11.7. The van der Waals surface area contributed by atoms with Gasteiger partial charge < -0.3 is 5.32 Å². The van der Waals surface area contributed by atoms with Crippen LogP contribution < -0.4 is 5.32 Å². The lowest BCUT2D eigenvalue weighted by molar-refractivity contribution is -0.120. The Kier molecular flexibility index (Phi) is 5.73. The minimum absolute atomic E-state index is 0.0401. The number of sulfone groups is 1. The molecule has 1 saturated heterocycles. The number of nitrogens with one attached hydrogen (secondary N) is 1. The number of carbonyl (C=O) groups excluding carboxylic acids is 1. The molecule has 0 radical (unpaired) electrons. The van der Waals surface area contributed by atoms with Crippen LogP contribution in [0.5, 0.6) is 0 Å². The Bertz CT molecular complexity index is 356. The van der Waals surface area contributed by atoms with Crippen molar-refractivity contribution in [2.45, 2.75) is 49.7 Å². The summed E-state index contributed by atoms with van der Waals surface area (Å²) in [5.74, 6) is -0.220. The van der Waals surface area contributed by atoms with Gasteiger partial charge in [-0.15, -0.1) is 11.6 Å². The second-order valence-electron chi connectivity index (χ2n) is 4.44. The molecular weight excluding hydrogens is 262 g/mol. The second-order valence-corrected chi connectivity index (χ2v) is 7.36. The van der Waals surface area contributed by atoms with Gasteiger partial charge in [0.15, 0.2) is 9.84 Å². The fourth-order valence-corrected chi connectivity index (χ4v) is 3.85. The van der Waals surface area contributed by atoms with Gasteiger partial charge in [0.2, 0.25) is 5.91 Å². The van der Waals surface area contributed by atoms with E-state index in [1.807, 2.05) is 6.92 Å². The Morgan fingerprint density at radius 3 is 2.76 bits per heavy atom. The predicted molar refractivity (Wildman–Crippen MR) is 69.0 cm³/mol. The van der Waals surface area contributed by atoms with E-state index in [9.17, 15) is 13.2 Å². The molecule has 1 heterocycles. The highest BCUT2D eigenvalue weighted by molar-refractivity contribution is 7.92. The molecule has 0 aromatic heterocycles. The Morgan fingerprint density at radius 2 is 2.18 bits per heavy atom. The summed E-state index contributed by atoms with van der Waals surface area (Å²) in [6.45, 7) is 2.43. The molecule has 0 bridgehead atoms. The van der Waals surface area contributed by atoms with E-state index in [1.54, 1.807) is 0 Å². The Balaban J connectivity index is 2.41. The molecule has 2 unspecified atom stereocenters. The molecule has 6 heteroatoms. The van der Waals surface area contributed by atoms with E-state index in [2.05, 4.69) is 5.32 Å². The molecule has 0 aliphatic carbocycles. The predicted octanol–water partition coefficient (Wildman–Crippen LogP) is 1.48. The van der Waals surface area contributed by atoms with Crippen LogP contribution in [0.4, 0.5) is 0 Å². The van der Waals surface area contributed by atoms with Crippen molar-refractivity contribution >= 4 is 27.3 Å². The van der Waals surface area contributed by atoms with Crippen LogP contribution in [0.15, 0.2) is 0 Å². The molecule has 0 aromatic carbocycles. The van der Waals surface area contributed by atoms with Gasteiger partial charge in [0.05, 0.1) is 5.75 Å². The van der Waals surface area contributed by atoms with Crippen LogP contribution in [0.25, 0.3) is 0 Å². The summed E-state index contributed by atoms with van der Waals surface area (Å²) in [6.07, 6.45) is 3.46. The highest BCUT2D eigenvalue weighted by Crippen LogP contribution is 2.19. The van der Waals surface area contributed by atoms with Gasteiger partial charge >= 0.3 is 0 Å². The van der Waals surface area contributed by atoms with Crippen LogP contribution in [0.2, 0.25) is 0 Å². The van der Waals surface area contributed by atoms with Crippen LogP contribution in [0, 0.1) is 0 Å². The molecule has 1 amide bonds. The van der Waals surface area contributed by atoms with Gasteiger partial charge in [-0.3, -0.25) is 4.79 Å².